The van der Waals surface area contributed by atoms with Crippen LogP contribution in [0.1, 0.15) is 98.8 Å². The van der Waals surface area contributed by atoms with Gasteiger partial charge >= 0.3 is 0 Å². The molecule has 0 bridgehead atoms. The Kier molecular flexibility index (Phi) is 16.9. The third kappa shape index (κ3) is 9.19. The van der Waals surface area contributed by atoms with Crippen molar-refractivity contribution in [2.24, 2.45) is 44.8 Å². The van der Waals surface area contributed by atoms with Crippen LogP contribution in [0.3, 0.4) is 0 Å². The van der Waals surface area contributed by atoms with E-state index in [1.165, 1.54) is 0 Å². The molecule has 394 valence electrons. The van der Waals surface area contributed by atoms with Crippen LogP contribution in [-0.2, 0) is 28.4 Å². The molecule has 3 saturated heterocycles. The number of hydrogen-bond acceptors (Lipinski definition) is 20. The van der Waals surface area contributed by atoms with Crippen LogP contribution in [-0.4, -0.2) is 215 Å². The fourth-order valence-corrected chi connectivity index (χ4v) is 14.7. The van der Waals surface area contributed by atoms with E-state index < -0.39 is 140 Å². The van der Waals surface area contributed by atoms with Crippen LogP contribution in [0.25, 0.3) is 0 Å². The minimum Gasteiger partial charge on any atom is -0.396 e. The largest absolute Gasteiger partial charge is 0.396 e. The van der Waals surface area contributed by atoms with Crippen molar-refractivity contribution in [3.63, 3.8) is 0 Å². The molecule has 25 unspecified atom stereocenters. The van der Waals surface area contributed by atoms with Gasteiger partial charge in [0.15, 0.2) is 18.9 Å². The van der Waals surface area contributed by atoms with Crippen molar-refractivity contribution in [3.05, 3.63) is 11.6 Å². The van der Waals surface area contributed by atoms with Crippen molar-refractivity contribution < 1.29 is 99.9 Å². The van der Waals surface area contributed by atoms with E-state index >= 15 is 0 Å². The van der Waals surface area contributed by atoms with Crippen molar-refractivity contribution >= 4 is 0 Å². The van der Waals surface area contributed by atoms with E-state index in [2.05, 4.69) is 20.8 Å². The van der Waals surface area contributed by atoms with Gasteiger partial charge in [-0.15, -0.1) is 0 Å². The van der Waals surface area contributed by atoms with Crippen LogP contribution < -0.4 is 0 Å². The van der Waals surface area contributed by atoms with Gasteiger partial charge in [-0.3, -0.25) is 0 Å². The quantitative estimate of drug-likeness (QED) is 0.0619. The number of hydrogen-bond donors (Lipinski definition) is 14. The van der Waals surface area contributed by atoms with Crippen LogP contribution in [0.4, 0.5) is 0 Å². The smallest absolute Gasteiger partial charge is 0.187 e. The Morgan fingerprint density at radius 3 is 1.74 bits per heavy atom. The van der Waals surface area contributed by atoms with Gasteiger partial charge in [0.2, 0.25) is 0 Å². The summed E-state index contributed by atoms with van der Waals surface area (Å²) in [5, 5.41) is 150. The van der Waals surface area contributed by atoms with E-state index in [4.69, 9.17) is 28.4 Å². The van der Waals surface area contributed by atoms with Gasteiger partial charge in [0.1, 0.15) is 73.2 Å². The molecule has 0 amide bonds. The molecular formula is C48H82O20. The number of aliphatic hydroxyl groups excluding tert-OH is 14. The van der Waals surface area contributed by atoms with Gasteiger partial charge in [-0.1, -0.05) is 39.3 Å². The minimum absolute atomic E-state index is 0.0487. The number of ether oxygens (including phenoxy) is 6. The highest BCUT2D eigenvalue weighted by atomic mass is 16.8. The fraction of sp³-hybridized carbons (Fsp3) is 0.958. The Morgan fingerprint density at radius 2 is 1.15 bits per heavy atom. The summed E-state index contributed by atoms with van der Waals surface area (Å²) in [6.07, 6.45) is -17.4. The van der Waals surface area contributed by atoms with E-state index in [9.17, 15) is 71.5 Å². The van der Waals surface area contributed by atoms with Gasteiger partial charge in [0.05, 0.1) is 51.8 Å². The molecule has 0 aromatic carbocycles. The standard InChI is InChI=1S/C48H82O20/c1-23(17-49)7-6-12-48(21-53)16-15-46(4)24(40(48)62)8-9-29-44(2)13-11-30(45(3,28(44)10-14-47(29,46)5)22-63-41-37(60)34(57)31(54)25(18-50)64-41)67-43-39(36(59)33(56)27(20-52)66-43)68-42-38(61)35(58)32(55)26(19-51)65-42/h7,24-43,49-62H,6,8-22H2,1-5H3. The Morgan fingerprint density at radius 1 is 0.574 bits per heavy atom. The maximum absolute atomic E-state index is 12.4. The molecule has 20 heteroatoms. The monoisotopic (exact) mass is 979 g/mol. The number of fused-ring (bicyclic) bond motifs is 5. The maximum Gasteiger partial charge on any atom is 0.187 e. The van der Waals surface area contributed by atoms with Crippen LogP contribution >= 0.6 is 0 Å². The first kappa shape index (κ1) is 54.7. The second-order valence-corrected chi connectivity index (χ2v) is 22.6. The molecule has 0 spiro atoms. The summed E-state index contributed by atoms with van der Waals surface area (Å²) in [6.45, 7) is 8.24. The highest BCUT2D eigenvalue weighted by Crippen LogP contribution is 2.75. The molecule has 3 heterocycles. The first-order chi connectivity index (χ1) is 32.1. The topological polar surface area (TPSA) is 339 Å². The van der Waals surface area contributed by atoms with Crippen molar-refractivity contribution in [2.75, 3.05) is 39.6 Å². The highest BCUT2D eigenvalue weighted by Gasteiger charge is 2.71. The van der Waals surface area contributed by atoms with Crippen LogP contribution in [0.15, 0.2) is 11.6 Å². The molecule has 4 saturated carbocycles. The summed E-state index contributed by atoms with van der Waals surface area (Å²) in [4.78, 5) is 0. The molecule has 7 rings (SSSR count). The Hall–Kier alpha value is -1.06. The molecule has 0 aromatic rings. The SMILES string of the molecule is CC(=CCCC1(CO)CCC2(C)C(CCC3C4(C)CCC(OC5OC(CO)C(O)C(O)C5OC5OC(CO)C(O)C(O)C5O)C(C)(COC5OC(CO)C(O)C(O)C5O)C4CCC32C)C1O)CO. The second-order valence-electron chi connectivity index (χ2n) is 22.6. The fourth-order valence-electron chi connectivity index (χ4n) is 14.7. The lowest BCUT2D eigenvalue weighted by atomic mass is 9.33. The molecule has 4 aliphatic carbocycles. The lowest BCUT2D eigenvalue weighted by Crippen LogP contribution is -2.69. The van der Waals surface area contributed by atoms with Crippen LogP contribution in [0.2, 0.25) is 0 Å². The molecule has 20 nitrogen and oxygen atoms in total. The number of allylic oxidation sites excluding steroid dienone is 1. The van der Waals surface area contributed by atoms with Gasteiger partial charge in [-0.05, 0) is 105 Å². The molecule has 25 atom stereocenters. The minimum atomic E-state index is -1.88. The average Bonchev–Trinajstić information content (AvgIpc) is 3.32. The van der Waals surface area contributed by atoms with Crippen molar-refractivity contribution in [1.29, 1.82) is 0 Å². The first-order valence-electron chi connectivity index (χ1n) is 24.8. The van der Waals surface area contributed by atoms with Gasteiger partial charge in [0, 0.05) is 10.8 Å². The molecular weight excluding hydrogens is 897 g/mol. The van der Waals surface area contributed by atoms with Gasteiger partial charge in [-0.25, -0.2) is 0 Å². The zero-order chi connectivity index (χ0) is 49.9. The van der Waals surface area contributed by atoms with E-state index in [-0.39, 0.29) is 48.4 Å². The number of aliphatic hydroxyl groups is 14. The van der Waals surface area contributed by atoms with E-state index in [1.807, 2.05) is 19.9 Å². The molecule has 7 aliphatic rings. The summed E-state index contributed by atoms with van der Waals surface area (Å²) in [5.41, 5.74) is -1.83. The van der Waals surface area contributed by atoms with Gasteiger partial charge in [0.25, 0.3) is 0 Å². The summed E-state index contributed by atoms with van der Waals surface area (Å²) < 4.78 is 36.9. The molecule has 3 aliphatic heterocycles. The normalized spacial score (nSPS) is 53.3. The first-order valence-corrected chi connectivity index (χ1v) is 24.8. The summed E-state index contributed by atoms with van der Waals surface area (Å²) in [6, 6.07) is 0. The molecule has 7 fully saturated rings. The van der Waals surface area contributed by atoms with Crippen LogP contribution in [0, 0.1) is 44.8 Å². The second kappa shape index (κ2) is 21.0. The lowest BCUT2D eigenvalue weighted by Gasteiger charge is -2.72. The number of rotatable bonds is 15. The van der Waals surface area contributed by atoms with Gasteiger partial charge in [-0.2, -0.15) is 0 Å². The van der Waals surface area contributed by atoms with E-state index in [0.717, 1.165) is 31.3 Å². The Labute approximate surface area is 398 Å². The zero-order valence-corrected chi connectivity index (χ0v) is 40.1. The van der Waals surface area contributed by atoms with Crippen molar-refractivity contribution in [2.45, 2.75) is 203 Å². The predicted octanol–water partition coefficient (Wildman–Crippen LogP) is -2.08. The predicted molar refractivity (Wildman–Crippen MR) is 236 cm³/mol. The maximum atomic E-state index is 12.4. The van der Waals surface area contributed by atoms with Crippen molar-refractivity contribution in [1.82, 2.24) is 0 Å². The molecule has 68 heavy (non-hydrogen) atoms. The Bertz CT molecular complexity index is 1710. The third-order valence-electron chi connectivity index (χ3n) is 19.2. The average molecular weight is 979 g/mol. The zero-order valence-electron chi connectivity index (χ0n) is 40.1. The highest BCUT2D eigenvalue weighted by molar-refractivity contribution is 5.19. The lowest BCUT2D eigenvalue weighted by molar-refractivity contribution is -0.382. The molecule has 14 N–H and O–H groups in total. The summed E-state index contributed by atoms with van der Waals surface area (Å²) >= 11 is 0. The van der Waals surface area contributed by atoms with Crippen LogP contribution in [0.5, 0.6) is 0 Å². The van der Waals surface area contributed by atoms with Crippen molar-refractivity contribution in [3.8, 4) is 0 Å². The summed E-state index contributed by atoms with van der Waals surface area (Å²) in [5.74, 6) is -0.157. The third-order valence-corrected chi connectivity index (χ3v) is 19.2. The Balaban J connectivity index is 1.21. The van der Waals surface area contributed by atoms with E-state index in [0.29, 0.717) is 38.5 Å². The summed E-state index contributed by atoms with van der Waals surface area (Å²) in [7, 11) is 0. The molecule has 0 radical (unpaired) electrons. The van der Waals surface area contributed by atoms with Gasteiger partial charge < -0.3 is 99.9 Å². The van der Waals surface area contributed by atoms with E-state index in [1.54, 1.807) is 0 Å². The molecule has 0 aromatic heterocycles.